The van der Waals surface area contributed by atoms with Crippen LogP contribution in [0.1, 0.15) is 17.8 Å². The molecule has 0 aliphatic carbocycles. The Morgan fingerprint density at radius 1 is 1.40 bits per heavy atom. The van der Waals surface area contributed by atoms with E-state index in [9.17, 15) is 0 Å². The number of fused-ring (bicyclic) bond motifs is 1. The van der Waals surface area contributed by atoms with E-state index in [0.717, 1.165) is 28.0 Å². The van der Waals surface area contributed by atoms with Crippen LogP contribution in [-0.4, -0.2) is 16.7 Å². The predicted octanol–water partition coefficient (Wildman–Crippen LogP) is 4.57. The Hall–Kier alpha value is -1.59. The van der Waals surface area contributed by atoms with E-state index < -0.39 is 0 Å². The lowest BCUT2D eigenvalue weighted by molar-refractivity contribution is 0.415. The third-order valence-electron chi connectivity index (χ3n) is 3.44. The van der Waals surface area contributed by atoms with Gasteiger partial charge in [-0.1, -0.05) is 6.07 Å². The second-order valence-electron chi connectivity index (χ2n) is 4.82. The largest absolute Gasteiger partial charge is 0.497 e. The van der Waals surface area contributed by atoms with Crippen molar-refractivity contribution in [3.63, 3.8) is 0 Å². The zero-order valence-electron chi connectivity index (χ0n) is 11.4. The molecule has 1 aromatic carbocycles. The van der Waals surface area contributed by atoms with Crippen LogP contribution in [-0.2, 0) is 6.42 Å². The molecule has 0 fully saturated rings. The SMILES string of the molecule is COc1ccc2[nH]c(=S)n(C(C)Cc3cccs3)c2c1. The Balaban J connectivity index is 2.05. The molecule has 2 aromatic heterocycles. The average molecular weight is 304 g/mol. The van der Waals surface area contributed by atoms with Gasteiger partial charge in [-0.2, -0.15) is 0 Å². The highest BCUT2D eigenvalue weighted by molar-refractivity contribution is 7.71. The molecule has 5 heteroatoms. The van der Waals surface area contributed by atoms with Gasteiger partial charge in [0.1, 0.15) is 5.75 Å². The topological polar surface area (TPSA) is 29.9 Å². The van der Waals surface area contributed by atoms with E-state index in [-0.39, 0.29) is 0 Å². The van der Waals surface area contributed by atoms with E-state index >= 15 is 0 Å². The third-order valence-corrected chi connectivity index (χ3v) is 4.64. The van der Waals surface area contributed by atoms with Gasteiger partial charge in [0.15, 0.2) is 4.77 Å². The number of imidazole rings is 1. The molecule has 0 radical (unpaired) electrons. The van der Waals surface area contributed by atoms with Crippen LogP contribution in [0.4, 0.5) is 0 Å². The van der Waals surface area contributed by atoms with Gasteiger partial charge in [0.25, 0.3) is 0 Å². The summed E-state index contributed by atoms with van der Waals surface area (Å²) in [7, 11) is 1.68. The molecule has 20 heavy (non-hydrogen) atoms. The monoisotopic (exact) mass is 304 g/mol. The molecule has 104 valence electrons. The number of hydrogen-bond acceptors (Lipinski definition) is 3. The van der Waals surface area contributed by atoms with Gasteiger partial charge in [0.2, 0.25) is 0 Å². The van der Waals surface area contributed by atoms with Crippen LogP contribution in [0.25, 0.3) is 11.0 Å². The lowest BCUT2D eigenvalue weighted by Crippen LogP contribution is -2.07. The van der Waals surface area contributed by atoms with Crippen molar-refractivity contribution in [1.29, 1.82) is 0 Å². The quantitative estimate of drug-likeness (QED) is 0.715. The zero-order valence-corrected chi connectivity index (χ0v) is 13.1. The summed E-state index contributed by atoms with van der Waals surface area (Å²) in [5.41, 5.74) is 2.15. The number of aromatic amines is 1. The summed E-state index contributed by atoms with van der Waals surface area (Å²) in [4.78, 5) is 4.64. The molecule has 0 aliphatic rings. The molecule has 0 saturated carbocycles. The Kier molecular flexibility index (Phi) is 3.63. The Labute approximate surface area is 126 Å². The first-order valence-corrected chi connectivity index (χ1v) is 7.78. The van der Waals surface area contributed by atoms with Gasteiger partial charge >= 0.3 is 0 Å². The summed E-state index contributed by atoms with van der Waals surface area (Å²) in [5, 5.41) is 2.11. The lowest BCUT2D eigenvalue weighted by Gasteiger charge is -2.14. The number of aromatic nitrogens is 2. The van der Waals surface area contributed by atoms with E-state index in [4.69, 9.17) is 17.0 Å². The molecular formula is C15H16N2OS2. The summed E-state index contributed by atoms with van der Waals surface area (Å²) < 4.78 is 8.25. The van der Waals surface area contributed by atoms with Gasteiger partial charge in [0, 0.05) is 23.4 Å². The van der Waals surface area contributed by atoms with Crippen molar-refractivity contribution >= 4 is 34.6 Å². The molecular weight excluding hydrogens is 288 g/mol. The summed E-state index contributed by atoms with van der Waals surface area (Å²) >= 11 is 7.26. The fraction of sp³-hybridized carbons (Fsp3) is 0.267. The molecule has 0 amide bonds. The van der Waals surface area contributed by atoms with Crippen LogP contribution in [0.3, 0.4) is 0 Å². The molecule has 3 rings (SSSR count). The van der Waals surface area contributed by atoms with E-state index in [0.29, 0.717) is 6.04 Å². The zero-order chi connectivity index (χ0) is 14.1. The summed E-state index contributed by atoms with van der Waals surface area (Å²) in [5.74, 6) is 0.851. The molecule has 1 unspecified atom stereocenters. The van der Waals surface area contributed by atoms with Gasteiger partial charge in [0.05, 0.1) is 18.1 Å². The van der Waals surface area contributed by atoms with Gasteiger partial charge in [-0.25, -0.2) is 0 Å². The van der Waals surface area contributed by atoms with Crippen LogP contribution in [0, 0.1) is 4.77 Å². The van der Waals surface area contributed by atoms with Crippen LogP contribution < -0.4 is 4.74 Å². The first-order valence-electron chi connectivity index (χ1n) is 6.49. The van der Waals surface area contributed by atoms with Gasteiger partial charge < -0.3 is 14.3 Å². The van der Waals surface area contributed by atoms with Gasteiger partial charge in [-0.05, 0) is 42.7 Å². The van der Waals surface area contributed by atoms with Crippen molar-refractivity contribution in [3.05, 3.63) is 45.4 Å². The van der Waals surface area contributed by atoms with Crippen molar-refractivity contribution in [2.75, 3.05) is 7.11 Å². The van der Waals surface area contributed by atoms with Crippen molar-refractivity contribution in [3.8, 4) is 5.75 Å². The number of thiophene rings is 1. The summed E-state index contributed by atoms with van der Waals surface area (Å²) in [6.07, 6.45) is 0.982. The molecule has 0 saturated heterocycles. The summed E-state index contributed by atoms with van der Waals surface area (Å²) in [6, 6.07) is 10.6. The smallest absolute Gasteiger partial charge is 0.178 e. The molecule has 0 aliphatic heterocycles. The van der Waals surface area contributed by atoms with E-state index in [1.807, 2.05) is 18.2 Å². The number of nitrogens with one attached hydrogen (secondary N) is 1. The highest BCUT2D eigenvalue weighted by Crippen LogP contribution is 2.26. The molecule has 3 aromatic rings. The fourth-order valence-electron chi connectivity index (χ4n) is 2.48. The number of benzene rings is 1. The number of rotatable bonds is 4. The van der Waals surface area contributed by atoms with Crippen molar-refractivity contribution in [2.45, 2.75) is 19.4 Å². The standard InChI is InChI=1S/C15H16N2OS2/c1-10(8-12-4-3-7-20-12)17-14-9-11(18-2)5-6-13(14)16-15(17)19/h3-7,9-10H,8H2,1-2H3,(H,16,19). The van der Waals surface area contributed by atoms with Crippen molar-refractivity contribution in [1.82, 2.24) is 9.55 Å². The van der Waals surface area contributed by atoms with Crippen LogP contribution in [0.15, 0.2) is 35.7 Å². The number of methoxy groups -OCH3 is 1. The Bertz CT molecular complexity index is 771. The van der Waals surface area contributed by atoms with E-state index in [1.165, 1.54) is 4.88 Å². The summed E-state index contributed by atoms with van der Waals surface area (Å²) in [6.45, 7) is 2.20. The Morgan fingerprint density at radius 3 is 2.95 bits per heavy atom. The highest BCUT2D eigenvalue weighted by Gasteiger charge is 2.13. The molecule has 1 atom stereocenters. The lowest BCUT2D eigenvalue weighted by atomic mass is 10.2. The second-order valence-corrected chi connectivity index (χ2v) is 6.23. The number of nitrogens with zero attached hydrogens (tertiary/aromatic N) is 1. The van der Waals surface area contributed by atoms with Crippen molar-refractivity contribution < 1.29 is 4.74 Å². The first-order chi connectivity index (χ1) is 9.69. The number of H-pyrrole nitrogens is 1. The first kappa shape index (κ1) is 13.4. The molecule has 0 bridgehead atoms. The van der Waals surface area contributed by atoms with Gasteiger partial charge in [-0.3, -0.25) is 0 Å². The minimum atomic E-state index is 0.307. The van der Waals surface area contributed by atoms with Crippen molar-refractivity contribution in [2.24, 2.45) is 0 Å². The third kappa shape index (κ3) is 2.39. The van der Waals surface area contributed by atoms with Crippen LogP contribution >= 0.6 is 23.6 Å². The highest BCUT2D eigenvalue weighted by atomic mass is 32.1. The van der Waals surface area contributed by atoms with Crippen LogP contribution in [0.5, 0.6) is 5.75 Å². The predicted molar refractivity (Wildman–Crippen MR) is 86.4 cm³/mol. The maximum Gasteiger partial charge on any atom is 0.178 e. The van der Waals surface area contributed by atoms with Crippen LogP contribution in [0.2, 0.25) is 0 Å². The molecule has 3 nitrogen and oxygen atoms in total. The maximum absolute atomic E-state index is 5.47. The minimum Gasteiger partial charge on any atom is -0.497 e. The number of hydrogen-bond donors (Lipinski definition) is 1. The average Bonchev–Trinajstić information content (AvgIpc) is 3.04. The fourth-order valence-corrected chi connectivity index (χ4v) is 3.69. The maximum atomic E-state index is 5.47. The second kappa shape index (κ2) is 5.42. The molecule has 1 N–H and O–H groups in total. The van der Waals surface area contributed by atoms with E-state index in [2.05, 4.69) is 34.0 Å². The Morgan fingerprint density at radius 2 is 2.25 bits per heavy atom. The van der Waals surface area contributed by atoms with E-state index in [1.54, 1.807) is 18.4 Å². The van der Waals surface area contributed by atoms with Gasteiger partial charge in [-0.15, -0.1) is 11.3 Å². The number of ether oxygens (including phenoxy) is 1. The molecule has 0 spiro atoms. The minimum absolute atomic E-state index is 0.307. The molecule has 2 heterocycles. The normalized spacial score (nSPS) is 12.7.